The molecule has 5 nitrogen and oxygen atoms in total. The first-order valence-electron chi connectivity index (χ1n) is 9.13. The maximum atomic E-state index is 12.2. The van der Waals surface area contributed by atoms with Crippen LogP contribution in [0.15, 0.2) is 35.5 Å². The van der Waals surface area contributed by atoms with Crippen LogP contribution in [-0.2, 0) is 16.0 Å². The Bertz CT molecular complexity index is 741. The van der Waals surface area contributed by atoms with E-state index in [1.165, 1.54) is 19.1 Å². The van der Waals surface area contributed by atoms with Crippen molar-refractivity contribution in [3.63, 3.8) is 0 Å². The molecule has 0 fully saturated rings. The molecule has 8 heteroatoms. The number of ketones is 1. The summed E-state index contributed by atoms with van der Waals surface area (Å²) in [6.45, 7) is 3.20. The van der Waals surface area contributed by atoms with Crippen LogP contribution in [0, 0.1) is 0 Å². The lowest BCUT2D eigenvalue weighted by Gasteiger charge is -2.32. The number of ether oxygens (including phenoxy) is 1. The Balaban J connectivity index is 2.05. The summed E-state index contributed by atoms with van der Waals surface area (Å²) in [6, 6.07) is 5.51. The van der Waals surface area contributed by atoms with Gasteiger partial charge in [-0.25, -0.2) is 0 Å². The number of halogens is 3. The van der Waals surface area contributed by atoms with Crippen LogP contribution < -0.4 is 4.74 Å². The van der Waals surface area contributed by atoms with Gasteiger partial charge in [-0.2, -0.15) is 0 Å². The lowest BCUT2D eigenvalue weighted by molar-refractivity contribution is -0.274. The molecule has 0 aromatic heterocycles. The molecule has 2 rings (SSSR count). The van der Waals surface area contributed by atoms with E-state index in [-0.39, 0.29) is 24.1 Å². The zero-order chi connectivity index (χ0) is 20.9. The van der Waals surface area contributed by atoms with Crippen LogP contribution >= 0.6 is 0 Å². The fourth-order valence-electron chi connectivity index (χ4n) is 3.48. The van der Waals surface area contributed by atoms with Gasteiger partial charge in [-0.15, -0.1) is 13.2 Å². The number of nitrogens with zero attached hydrogens (tertiary/aromatic N) is 1. The number of alkyl halides is 3. The number of carbonyl (C=O) groups excluding carboxylic acids is 1. The number of allylic oxidation sites excluding steroid dienone is 2. The second-order valence-electron chi connectivity index (χ2n) is 6.94. The predicted molar refractivity (Wildman–Crippen MR) is 96.8 cm³/mol. The van der Waals surface area contributed by atoms with Crippen molar-refractivity contribution in [1.29, 1.82) is 0 Å². The Morgan fingerprint density at radius 3 is 2.39 bits per heavy atom. The second kappa shape index (κ2) is 9.12. The van der Waals surface area contributed by atoms with E-state index < -0.39 is 12.3 Å². The number of carboxylic acid groups (broad SMARTS) is 1. The summed E-state index contributed by atoms with van der Waals surface area (Å²) in [6.07, 6.45) is -1.40. The average molecular weight is 399 g/mol. The molecule has 0 aliphatic heterocycles. The summed E-state index contributed by atoms with van der Waals surface area (Å²) >= 11 is 0. The van der Waals surface area contributed by atoms with Crippen LogP contribution in [-0.4, -0.2) is 40.7 Å². The van der Waals surface area contributed by atoms with Gasteiger partial charge in [-0.1, -0.05) is 12.1 Å². The molecule has 0 radical (unpaired) electrons. The number of carboxylic acids is 1. The number of aryl methyl sites for hydroxylation is 1. The molecule has 0 saturated carbocycles. The van der Waals surface area contributed by atoms with Gasteiger partial charge in [0.1, 0.15) is 12.3 Å². The zero-order valence-corrected chi connectivity index (χ0v) is 15.9. The Kier molecular flexibility index (Phi) is 7.10. The van der Waals surface area contributed by atoms with Gasteiger partial charge >= 0.3 is 12.3 Å². The van der Waals surface area contributed by atoms with E-state index in [1.54, 1.807) is 17.0 Å². The predicted octanol–water partition coefficient (Wildman–Crippen LogP) is 4.32. The van der Waals surface area contributed by atoms with Crippen molar-refractivity contribution in [2.45, 2.75) is 58.4 Å². The van der Waals surface area contributed by atoms with Crippen molar-refractivity contribution in [2.75, 3.05) is 6.54 Å². The zero-order valence-electron chi connectivity index (χ0n) is 15.9. The molecule has 1 N–H and O–H groups in total. The molecule has 28 heavy (non-hydrogen) atoms. The molecular formula is C20H24F3NO4. The van der Waals surface area contributed by atoms with Gasteiger partial charge in [0.2, 0.25) is 0 Å². The fourth-order valence-corrected chi connectivity index (χ4v) is 3.48. The summed E-state index contributed by atoms with van der Waals surface area (Å²) in [5, 5.41) is 9.27. The molecular weight excluding hydrogens is 375 g/mol. The molecule has 0 saturated heterocycles. The SMILES string of the molecule is CC(=O)C1=C(N(CC(=O)O)C(C)CCc2ccc(OC(F)(F)F)cc2)CCC1. The summed E-state index contributed by atoms with van der Waals surface area (Å²) in [5.41, 5.74) is 2.32. The number of hydrogen-bond donors (Lipinski definition) is 1. The van der Waals surface area contributed by atoms with E-state index in [1.807, 2.05) is 6.92 Å². The van der Waals surface area contributed by atoms with Crippen molar-refractivity contribution in [3.05, 3.63) is 41.1 Å². The maximum Gasteiger partial charge on any atom is 0.573 e. The molecule has 1 aliphatic carbocycles. The number of Topliss-reactive ketones (excluding diaryl/α,β-unsaturated/α-hetero) is 1. The van der Waals surface area contributed by atoms with Crippen LogP contribution in [0.1, 0.15) is 45.1 Å². The minimum atomic E-state index is -4.73. The molecule has 1 aliphatic rings. The monoisotopic (exact) mass is 399 g/mol. The Morgan fingerprint density at radius 2 is 1.86 bits per heavy atom. The van der Waals surface area contributed by atoms with E-state index in [0.717, 1.165) is 17.7 Å². The van der Waals surface area contributed by atoms with Crippen molar-refractivity contribution in [3.8, 4) is 5.75 Å². The van der Waals surface area contributed by atoms with E-state index in [0.29, 0.717) is 31.3 Å². The van der Waals surface area contributed by atoms with E-state index >= 15 is 0 Å². The van der Waals surface area contributed by atoms with E-state index in [4.69, 9.17) is 0 Å². The third-order valence-corrected chi connectivity index (χ3v) is 4.81. The fraction of sp³-hybridized carbons (Fsp3) is 0.500. The van der Waals surface area contributed by atoms with Gasteiger partial charge in [-0.05, 0) is 63.6 Å². The van der Waals surface area contributed by atoms with Gasteiger partial charge in [0.15, 0.2) is 5.78 Å². The smallest absolute Gasteiger partial charge is 0.480 e. The van der Waals surface area contributed by atoms with Crippen molar-refractivity contribution >= 4 is 11.8 Å². The van der Waals surface area contributed by atoms with Crippen LogP contribution in [0.3, 0.4) is 0 Å². The molecule has 1 aromatic rings. The quantitative estimate of drug-likeness (QED) is 0.670. The number of aliphatic carboxylic acids is 1. The van der Waals surface area contributed by atoms with Gasteiger partial charge in [0, 0.05) is 17.3 Å². The summed E-state index contributed by atoms with van der Waals surface area (Å²) in [5.74, 6) is -1.28. The molecule has 1 atom stereocenters. The first-order chi connectivity index (χ1) is 13.1. The second-order valence-corrected chi connectivity index (χ2v) is 6.94. The standard InChI is InChI=1S/C20H24F3NO4/c1-13(6-7-15-8-10-16(11-9-15)28-20(21,22)23)24(12-19(26)27)18-5-3-4-17(18)14(2)25/h8-11,13H,3-7,12H2,1-2H3,(H,26,27). The molecule has 1 unspecified atom stereocenters. The van der Waals surface area contributed by atoms with Crippen molar-refractivity contribution in [1.82, 2.24) is 4.90 Å². The molecule has 0 amide bonds. The minimum Gasteiger partial charge on any atom is -0.480 e. The number of carbonyl (C=O) groups is 2. The highest BCUT2D eigenvalue weighted by Crippen LogP contribution is 2.31. The lowest BCUT2D eigenvalue weighted by atomic mass is 10.0. The third-order valence-electron chi connectivity index (χ3n) is 4.81. The number of hydrogen-bond acceptors (Lipinski definition) is 4. The molecule has 0 spiro atoms. The molecule has 154 valence electrons. The van der Waals surface area contributed by atoms with Crippen LogP contribution in [0.25, 0.3) is 0 Å². The average Bonchev–Trinajstić information content (AvgIpc) is 3.07. The normalized spacial score (nSPS) is 15.5. The Labute approximate surface area is 161 Å². The van der Waals surface area contributed by atoms with Gasteiger partial charge in [0.25, 0.3) is 0 Å². The van der Waals surface area contributed by atoms with Crippen molar-refractivity contribution in [2.24, 2.45) is 0 Å². The lowest BCUT2D eigenvalue weighted by Crippen LogP contribution is -2.37. The first-order valence-corrected chi connectivity index (χ1v) is 9.13. The van der Waals surface area contributed by atoms with Crippen LogP contribution in [0.4, 0.5) is 13.2 Å². The van der Waals surface area contributed by atoms with Gasteiger partial charge < -0.3 is 14.7 Å². The van der Waals surface area contributed by atoms with E-state index in [9.17, 15) is 27.9 Å². The Morgan fingerprint density at radius 1 is 1.21 bits per heavy atom. The minimum absolute atomic E-state index is 0.0321. The number of benzene rings is 1. The largest absolute Gasteiger partial charge is 0.573 e. The van der Waals surface area contributed by atoms with Crippen molar-refractivity contribution < 1.29 is 32.6 Å². The highest BCUT2D eigenvalue weighted by Gasteiger charge is 2.31. The molecule has 0 heterocycles. The van der Waals surface area contributed by atoms with E-state index in [2.05, 4.69) is 4.74 Å². The topological polar surface area (TPSA) is 66.8 Å². The summed E-state index contributed by atoms with van der Waals surface area (Å²) in [7, 11) is 0. The molecule has 0 bridgehead atoms. The summed E-state index contributed by atoms with van der Waals surface area (Å²) < 4.78 is 40.5. The van der Waals surface area contributed by atoms with Gasteiger partial charge in [-0.3, -0.25) is 9.59 Å². The first kappa shape index (κ1) is 21.8. The van der Waals surface area contributed by atoms with Crippen LogP contribution in [0.5, 0.6) is 5.75 Å². The Hall–Kier alpha value is -2.51. The molecule has 1 aromatic carbocycles. The maximum absolute atomic E-state index is 12.2. The van der Waals surface area contributed by atoms with Crippen LogP contribution in [0.2, 0.25) is 0 Å². The van der Waals surface area contributed by atoms with Gasteiger partial charge in [0.05, 0.1) is 0 Å². The summed E-state index contributed by atoms with van der Waals surface area (Å²) in [4.78, 5) is 24.9. The third kappa shape index (κ3) is 6.28. The number of rotatable bonds is 9. The highest BCUT2D eigenvalue weighted by molar-refractivity contribution is 5.94. The highest BCUT2D eigenvalue weighted by atomic mass is 19.4.